The molecule has 1 atom stereocenters. The minimum atomic E-state index is -3.37. The van der Waals surface area contributed by atoms with Gasteiger partial charge in [0.1, 0.15) is 18.5 Å². The summed E-state index contributed by atoms with van der Waals surface area (Å²) in [4.78, 5) is 4.26. The largest absolute Gasteiger partial charge is 0.489 e. The van der Waals surface area contributed by atoms with Gasteiger partial charge in [-0.3, -0.25) is 0 Å². The molecule has 1 unspecified atom stereocenters. The standard InChI is InChI=1S/C21H23N3O5S/c1-27-14-20-22-21(23-29-20)17-7-9-18(10-8-17)28-19-11-12-24(13-19)30(25,26)15-16-5-3-2-4-6-16/h2-10,19H,11-15H2,1H3. The van der Waals surface area contributed by atoms with Crippen molar-refractivity contribution in [3.05, 3.63) is 66.1 Å². The van der Waals surface area contributed by atoms with Crippen LogP contribution in [0.1, 0.15) is 17.9 Å². The third-order valence-electron chi connectivity index (χ3n) is 4.84. The minimum Gasteiger partial charge on any atom is -0.489 e. The normalized spacial score (nSPS) is 17.3. The molecule has 0 saturated carbocycles. The quantitative estimate of drug-likeness (QED) is 0.543. The SMILES string of the molecule is COCc1nc(-c2ccc(OC3CCN(S(=O)(=O)Cc4ccccc4)C3)cc2)no1. The Morgan fingerprint density at radius 2 is 1.90 bits per heavy atom. The number of sulfonamides is 1. The smallest absolute Gasteiger partial charge is 0.252 e. The van der Waals surface area contributed by atoms with E-state index in [1.807, 2.05) is 54.6 Å². The molecule has 0 amide bonds. The van der Waals surface area contributed by atoms with Crippen molar-refractivity contribution < 1.29 is 22.4 Å². The van der Waals surface area contributed by atoms with Gasteiger partial charge in [-0.2, -0.15) is 9.29 Å². The predicted octanol–water partition coefficient (Wildman–Crippen LogP) is 2.87. The molecule has 0 radical (unpaired) electrons. The number of rotatable bonds is 8. The van der Waals surface area contributed by atoms with Crippen LogP contribution in [-0.2, 0) is 27.1 Å². The van der Waals surface area contributed by atoms with E-state index < -0.39 is 10.0 Å². The van der Waals surface area contributed by atoms with Gasteiger partial charge in [0.05, 0.1) is 12.3 Å². The van der Waals surface area contributed by atoms with E-state index in [2.05, 4.69) is 10.1 Å². The molecule has 0 spiro atoms. The number of aromatic nitrogens is 2. The fourth-order valence-corrected chi connectivity index (χ4v) is 4.93. The van der Waals surface area contributed by atoms with E-state index in [1.165, 1.54) is 4.31 Å². The monoisotopic (exact) mass is 429 g/mol. The molecule has 2 aromatic carbocycles. The second kappa shape index (κ2) is 8.95. The zero-order valence-electron chi connectivity index (χ0n) is 16.6. The van der Waals surface area contributed by atoms with Gasteiger partial charge >= 0.3 is 0 Å². The topological polar surface area (TPSA) is 94.8 Å². The maximum atomic E-state index is 12.7. The van der Waals surface area contributed by atoms with Gasteiger partial charge in [-0.1, -0.05) is 35.5 Å². The number of benzene rings is 2. The van der Waals surface area contributed by atoms with Gasteiger partial charge in [0, 0.05) is 19.2 Å². The first-order valence-electron chi connectivity index (χ1n) is 9.64. The van der Waals surface area contributed by atoms with Crippen LogP contribution in [0.3, 0.4) is 0 Å². The van der Waals surface area contributed by atoms with Crippen LogP contribution < -0.4 is 4.74 Å². The van der Waals surface area contributed by atoms with E-state index in [1.54, 1.807) is 7.11 Å². The third kappa shape index (κ3) is 4.86. The lowest BCUT2D eigenvalue weighted by Crippen LogP contribution is -2.32. The minimum absolute atomic E-state index is 0.00498. The number of methoxy groups -OCH3 is 1. The Balaban J connectivity index is 1.35. The molecule has 1 aliphatic heterocycles. The van der Waals surface area contributed by atoms with Crippen LogP contribution in [0.2, 0.25) is 0 Å². The first-order chi connectivity index (χ1) is 14.5. The Morgan fingerprint density at radius 1 is 1.13 bits per heavy atom. The zero-order valence-corrected chi connectivity index (χ0v) is 17.4. The van der Waals surface area contributed by atoms with E-state index in [9.17, 15) is 8.42 Å². The molecule has 1 fully saturated rings. The summed E-state index contributed by atoms with van der Waals surface area (Å²) in [5.41, 5.74) is 1.58. The van der Waals surface area contributed by atoms with Gasteiger partial charge in [0.25, 0.3) is 5.89 Å². The summed E-state index contributed by atoms with van der Waals surface area (Å²) >= 11 is 0. The summed E-state index contributed by atoms with van der Waals surface area (Å²) in [5, 5.41) is 3.93. The Bertz CT molecular complexity index is 1070. The van der Waals surface area contributed by atoms with Crippen molar-refractivity contribution >= 4 is 10.0 Å². The lowest BCUT2D eigenvalue weighted by Gasteiger charge is -2.17. The first-order valence-corrected chi connectivity index (χ1v) is 11.2. The second-order valence-corrected chi connectivity index (χ2v) is 9.07. The summed E-state index contributed by atoms with van der Waals surface area (Å²) in [7, 11) is -1.80. The van der Waals surface area contributed by atoms with Crippen molar-refractivity contribution in [1.82, 2.24) is 14.4 Å². The molecule has 8 nitrogen and oxygen atoms in total. The molecule has 1 aromatic heterocycles. The third-order valence-corrected chi connectivity index (χ3v) is 6.66. The number of nitrogens with zero attached hydrogens (tertiary/aromatic N) is 3. The molecular weight excluding hydrogens is 406 g/mol. The van der Waals surface area contributed by atoms with Gasteiger partial charge in [0.2, 0.25) is 15.8 Å². The van der Waals surface area contributed by atoms with Crippen LogP contribution in [0.5, 0.6) is 5.75 Å². The average molecular weight is 429 g/mol. The first kappa shape index (κ1) is 20.5. The summed E-state index contributed by atoms with van der Waals surface area (Å²) < 4.78 is 43.0. The highest BCUT2D eigenvalue weighted by Crippen LogP contribution is 2.24. The molecule has 158 valence electrons. The predicted molar refractivity (Wildman–Crippen MR) is 110 cm³/mol. The molecular formula is C21H23N3O5S. The van der Waals surface area contributed by atoms with Gasteiger partial charge < -0.3 is 14.0 Å². The van der Waals surface area contributed by atoms with Crippen LogP contribution in [0.25, 0.3) is 11.4 Å². The number of hydrogen-bond donors (Lipinski definition) is 0. The van der Waals surface area contributed by atoms with E-state index in [-0.39, 0.29) is 18.5 Å². The fourth-order valence-electron chi connectivity index (χ4n) is 3.35. The Morgan fingerprint density at radius 3 is 2.63 bits per heavy atom. The van der Waals surface area contributed by atoms with E-state index in [4.69, 9.17) is 14.0 Å². The summed E-state index contributed by atoms with van der Waals surface area (Å²) in [6, 6.07) is 16.5. The number of ether oxygens (including phenoxy) is 2. The molecule has 2 heterocycles. The summed E-state index contributed by atoms with van der Waals surface area (Å²) in [6.45, 7) is 1.07. The zero-order chi connectivity index (χ0) is 21.0. The van der Waals surface area contributed by atoms with Crippen LogP contribution in [0.15, 0.2) is 59.1 Å². The van der Waals surface area contributed by atoms with Crippen LogP contribution in [-0.4, -0.2) is 49.2 Å². The Hall–Kier alpha value is -2.75. The van der Waals surface area contributed by atoms with Gasteiger partial charge in [-0.25, -0.2) is 8.42 Å². The van der Waals surface area contributed by atoms with Crippen molar-refractivity contribution in [3.8, 4) is 17.1 Å². The molecule has 9 heteroatoms. The van der Waals surface area contributed by atoms with Crippen LogP contribution >= 0.6 is 0 Å². The fraction of sp³-hybridized carbons (Fsp3) is 0.333. The summed E-state index contributed by atoms with van der Waals surface area (Å²) in [5.74, 6) is 1.57. The Kier molecular flexibility index (Phi) is 6.12. The molecule has 1 saturated heterocycles. The second-order valence-electron chi connectivity index (χ2n) is 7.10. The lowest BCUT2D eigenvalue weighted by molar-refractivity contribution is 0.151. The maximum Gasteiger partial charge on any atom is 0.252 e. The average Bonchev–Trinajstić information content (AvgIpc) is 3.40. The lowest BCUT2D eigenvalue weighted by atomic mass is 10.2. The number of hydrogen-bond acceptors (Lipinski definition) is 7. The van der Waals surface area contributed by atoms with Gasteiger partial charge in [-0.15, -0.1) is 0 Å². The van der Waals surface area contributed by atoms with E-state index in [0.717, 1.165) is 11.1 Å². The highest BCUT2D eigenvalue weighted by Gasteiger charge is 2.32. The van der Waals surface area contributed by atoms with Gasteiger partial charge in [-0.05, 0) is 36.2 Å². The van der Waals surface area contributed by atoms with Crippen molar-refractivity contribution in [2.24, 2.45) is 0 Å². The highest BCUT2D eigenvalue weighted by molar-refractivity contribution is 7.88. The van der Waals surface area contributed by atoms with Crippen molar-refractivity contribution in [1.29, 1.82) is 0 Å². The van der Waals surface area contributed by atoms with Crippen molar-refractivity contribution in [3.63, 3.8) is 0 Å². The van der Waals surface area contributed by atoms with E-state index >= 15 is 0 Å². The Labute approximate surface area is 175 Å². The van der Waals surface area contributed by atoms with Crippen LogP contribution in [0.4, 0.5) is 0 Å². The molecule has 3 aromatic rings. The van der Waals surface area contributed by atoms with Crippen molar-refractivity contribution in [2.45, 2.75) is 24.9 Å². The maximum absolute atomic E-state index is 12.7. The van der Waals surface area contributed by atoms with Gasteiger partial charge in [0.15, 0.2) is 0 Å². The molecule has 1 aliphatic rings. The van der Waals surface area contributed by atoms with Crippen molar-refractivity contribution in [2.75, 3.05) is 20.2 Å². The molecule has 0 aliphatic carbocycles. The van der Waals surface area contributed by atoms with Crippen LogP contribution in [0, 0.1) is 0 Å². The summed E-state index contributed by atoms with van der Waals surface area (Å²) in [6.07, 6.45) is 0.473. The molecule has 0 N–H and O–H groups in total. The molecule has 4 rings (SSSR count). The molecule has 0 bridgehead atoms. The highest BCUT2D eigenvalue weighted by atomic mass is 32.2. The van der Waals surface area contributed by atoms with E-state index in [0.29, 0.717) is 37.0 Å². The molecule has 30 heavy (non-hydrogen) atoms.